The molecule has 0 saturated carbocycles. The van der Waals surface area contributed by atoms with Crippen molar-refractivity contribution in [2.24, 2.45) is 0 Å². The molecule has 0 aliphatic carbocycles. The predicted molar refractivity (Wildman–Crippen MR) is 56.4 cm³/mol. The standard InChI is InChI=1S/C11H15NO2/c1-3-5-9(2)10-6-4-7-11(8-10)12(13)14/h4,6-9H,3,5H2,1-2H3. The summed E-state index contributed by atoms with van der Waals surface area (Å²) in [5, 5.41) is 10.5. The van der Waals surface area contributed by atoms with Gasteiger partial charge in [-0.1, -0.05) is 32.4 Å². The second-order valence-corrected chi connectivity index (χ2v) is 3.54. The van der Waals surface area contributed by atoms with Gasteiger partial charge in [-0.25, -0.2) is 0 Å². The van der Waals surface area contributed by atoms with Crippen molar-refractivity contribution in [3.05, 3.63) is 39.9 Å². The van der Waals surface area contributed by atoms with Gasteiger partial charge < -0.3 is 0 Å². The third-order valence-corrected chi connectivity index (χ3v) is 2.37. The molecule has 0 saturated heterocycles. The Morgan fingerprint density at radius 1 is 1.50 bits per heavy atom. The Bertz CT molecular complexity index is 323. The summed E-state index contributed by atoms with van der Waals surface area (Å²) in [6.07, 6.45) is 2.17. The number of non-ortho nitro benzene ring substituents is 1. The molecule has 0 amide bonds. The fourth-order valence-corrected chi connectivity index (χ4v) is 1.54. The number of benzene rings is 1. The summed E-state index contributed by atoms with van der Waals surface area (Å²) in [6, 6.07) is 6.90. The van der Waals surface area contributed by atoms with Crippen LogP contribution >= 0.6 is 0 Å². The van der Waals surface area contributed by atoms with Crippen molar-refractivity contribution in [3.8, 4) is 0 Å². The first-order chi connectivity index (χ1) is 6.65. The van der Waals surface area contributed by atoms with Crippen molar-refractivity contribution in [1.29, 1.82) is 0 Å². The van der Waals surface area contributed by atoms with Gasteiger partial charge in [-0.05, 0) is 17.9 Å². The molecule has 0 aliphatic heterocycles. The normalized spacial score (nSPS) is 12.4. The Morgan fingerprint density at radius 3 is 2.79 bits per heavy atom. The van der Waals surface area contributed by atoms with Gasteiger partial charge in [0.15, 0.2) is 0 Å². The minimum Gasteiger partial charge on any atom is -0.258 e. The second-order valence-electron chi connectivity index (χ2n) is 3.54. The molecule has 0 N–H and O–H groups in total. The van der Waals surface area contributed by atoms with Crippen LogP contribution < -0.4 is 0 Å². The smallest absolute Gasteiger partial charge is 0.258 e. The zero-order valence-electron chi connectivity index (χ0n) is 8.56. The molecular formula is C11H15NO2. The summed E-state index contributed by atoms with van der Waals surface area (Å²) in [6.45, 7) is 4.22. The van der Waals surface area contributed by atoms with E-state index in [1.807, 2.05) is 6.07 Å². The Kier molecular flexibility index (Phi) is 3.63. The van der Waals surface area contributed by atoms with E-state index in [9.17, 15) is 10.1 Å². The molecule has 3 heteroatoms. The largest absolute Gasteiger partial charge is 0.269 e. The van der Waals surface area contributed by atoms with Gasteiger partial charge in [0.25, 0.3) is 5.69 Å². The molecule has 0 bridgehead atoms. The molecule has 0 fully saturated rings. The van der Waals surface area contributed by atoms with E-state index >= 15 is 0 Å². The van der Waals surface area contributed by atoms with E-state index in [4.69, 9.17) is 0 Å². The van der Waals surface area contributed by atoms with Crippen LogP contribution in [0.25, 0.3) is 0 Å². The van der Waals surface area contributed by atoms with Crippen molar-refractivity contribution in [3.63, 3.8) is 0 Å². The molecule has 0 heterocycles. The van der Waals surface area contributed by atoms with Crippen LogP contribution in [0.5, 0.6) is 0 Å². The molecule has 14 heavy (non-hydrogen) atoms. The molecule has 0 spiro atoms. The van der Waals surface area contributed by atoms with E-state index in [2.05, 4.69) is 13.8 Å². The van der Waals surface area contributed by atoms with Gasteiger partial charge in [0.05, 0.1) is 4.92 Å². The van der Waals surface area contributed by atoms with Crippen LogP contribution in [0.4, 0.5) is 5.69 Å². The van der Waals surface area contributed by atoms with Crippen molar-refractivity contribution in [2.75, 3.05) is 0 Å². The second kappa shape index (κ2) is 4.74. The van der Waals surface area contributed by atoms with Crippen LogP contribution in [-0.4, -0.2) is 4.92 Å². The molecule has 1 atom stereocenters. The summed E-state index contributed by atoms with van der Waals surface area (Å²) in [5.41, 5.74) is 1.24. The number of hydrogen-bond donors (Lipinski definition) is 0. The van der Waals surface area contributed by atoms with E-state index < -0.39 is 0 Å². The maximum absolute atomic E-state index is 10.5. The summed E-state index contributed by atoms with van der Waals surface area (Å²) >= 11 is 0. The van der Waals surface area contributed by atoms with Crippen LogP contribution in [0.2, 0.25) is 0 Å². The molecule has 1 aromatic carbocycles. The molecule has 0 aliphatic rings. The first-order valence-corrected chi connectivity index (χ1v) is 4.89. The quantitative estimate of drug-likeness (QED) is 0.542. The first kappa shape index (κ1) is 10.7. The Labute approximate surface area is 83.9 Å². The Morgan fingerprint density at radius 2 is 2.21 bits per heavy atom. The van der Waals surface area contributed by atoms with Gasteiger partial charge in [-0.3, -0.25) is 10.1 Å². The summed E-state index contributed by atoms with van der Waals surface area (Å²) in [4.78, 5) is 10.2. The van der Waals surface area contributed by atoms with E-state index in [1.165, 1.54) is 6.07 Å². The Balaban J connectivity index is 2.87. The Hall–Kier alpha value is -1.38. The van der Waals surface area contributed by atoms with Crippen LogP contribution in [0, 0.1) is 10.1 Å². The number of nitro benzene ring substituents is 1. The monoisotopic (exact) mass is 193 g/mol. The minimum atomic E-state index is -0.345. The lowest BCUT2D eigenvalue weighted by Crippen LogP contribution is -1.95. The summed E-state index contributed by atoms with van der Waals surface area (Å²) in [5.74, 6) is 0.403. The highest BCUT2D eigenvalue weighted by Crippen LogP contribution is 2.23. The average molecular weight is 193 g/mol. The maximum Gasteiger partial charge on any atom is 0.269 e. The fourth-order valence-electron chi connectivity index (χ4n) is 1.54. The van der Waals surface area contributed by atoms with E-state index in [0.29, 0.717) is 5.92 Å². The highest BCUT2D eigenvalue weighted by atomic mass is 16.6. The summed E-state index contributed by atoms with van der Waals surface area (Å²) in [7, 11) is 0. The SMILES string of the molecule is CCCC(C)c1cccc([N+](=O)[O-])c1. The van der Waals surface area contributed by atoms with Gasteiger partial charge in [-0.15, -0.1) is 0 Å². The van der Waals surface area contributed by atoms with E-state index in [0.717, 1.165) is 18.4 Å². The average Bonchev–Trinajstić information content (AvgIpc) is 2.18. The number of hydrogen-bond acceptors (Lipinski definition) is 2. The lowest BCUT2D eigenvalue weighted by atomic mass is 9.96. The lowest BCUT2D eigenvalue weighted by molar-refractivity contribution is -0.384. The zero-order valence-corrected chi connectivity index (χ0v) is 8.56. The van der Waals surface area contributed by atoms with Crippen molar-refractivity contribution >= 4 is 5.69 Å². The molecule has 1 rings (SSSR count). The van der Waals surface area contributed by atoms with Gasteiger partial charge in [0.2, 0.25) is 0 Å². The van der Waals surface area contributed by atoms with Gasteiger partial charge in [-0.2, -0.15) is 0 Å². The predicted octanol–water partition coefficient (Wildman–Crippen LogP) is 3.50. The minimum absolute atomic E-state index is 0.186. The fraction of sp³-hybridized carbons (Fsp3) is 0.455. The molecule has 1 aromatic rings. The van der Waals surface area contributed by atoms with Crippen molar-refractivity contribution in [1.82, 2.24) is 0 Å². The summed E-state index contributed by atoms with van der Waals surface area (Å²) < 4.78 is 0. The van der Waals surface area contributed by atoms with Gasteiger partial charge in [0, 0.05) is 12.1 Å². The number of rotatable bonds is 4. The third kappa shape index (κ3) is 2.55. The van der Waals surface area contributed by atoms with Gasteiger partial charge in [0.1, 0.15) is 0 Å². The van der Waals surface area contributed by atoms with Crippen LogP contribution in [0.15, 0.2) is 24.3 Å². The van der Waals surface area contributed by atoms with Gasteiger partial charge >= 0.3 is 0 Å². The third-order valence-electron chi connectivity index (χ3n) is 2.37. The molecular weight excluding hydrogens is 178 g/mol. The van der Waals surface area contributed by atoms with Crippen molar-refractivity contribution in [2.45, 2.75) is 32.6 Å². The van der Waals surface area contributed by atoms with Crippen molar-refractivity contribution < 1.29 is 4.92 Å². The highest BCUT2D eigenvalue weighted by molar-refractivity contribution is 5.35. The topological polar surface area (TPSA) is 43.1 Å². The lowest BCUT2D eigenvalue weighted by Gasteiger charge is -2.09. The molecule has 76 valence electrons. The zero-order chi connectivity index (χ0) is 10.6. The number of nitro groups is 1. The van der Waals surface area contributed by atoms with Crippen LogP contribution in [0.3, 0.4) is 0 Å². The first-order valence-electron chi connectivity index (χ1n) is 4.89. The van der Waals surface area contributed by atoms with Crippen LogP contribution in [0.1, 0.15) is 38.2 Å². The van der Waals surface area contributed by atoms with E-state index in [-0.39, 0.29) is 10.6 Å². The molecule has 3 nitrogen and oxygen atoms in total. The van der Waals surface area contributed by atoms with Crippen LogP contribution in [-0.2, 0) is 0 Å². The maximum atomic E-state index is 10.5. The number of nitrogens with zero attached hydrogens (tertiary/aromatic N) is 1. The van der Waals surface area contributed by atoms with E-state index in [1.54, 1.807) is 12.1 Å². The molecule has 1 unspecified atom stereocenters. The molecule has 0 radical (unpaired) electrons. The highest BCUT2D eigenvalue weighted by Gasteiger charge is 2.09. The molecule has 0 aromatic heterocycles.